The first kappa shape index (κ1) is 15.0. The lowest BCUT2D eigenvalue weighted by atomic mass is 10.2. The first-order valence-electron chi connectivity index (χ1n) is 5.97. The van der Waals surface area contributed by atoms with Gasteiger partial charge >= 0.3 is 0 Å². The summed E-state index contributed by atoms with van der Waals surface area (Å²) < 4.78 is 18.1. The first-order chi connectivity index (χ1) is 10.1. The zero-order valence-electron chi connectivity index (χ0n) is 11.1. The minimum absolute atomic E-state index is 0.0626. The number of methoxy groups -OCH3 is 1. The van der Waals surface area contributed by atoms with Gasteiger partial charge in [-0.2, -0.15) is 0 Å². The fourth-order valence-electron chi connectivity index (χ4n) is 1.59. The average molecular weight is 305 g/mol. The maximum Gasteiger partial charge on any atom is 0.256 e. The summed E-state index contributed by atoms with van der Waals surface area (Å²) in [5.74, 6) is 4.49. The number of nitrogens with one attached hydrogen (secondary N) is 1. The van der Waals surface area contributed by atoms with E-state index in [0.717, 1.165) is 0 Å². The highest BCUT2D eigenvalue weighted by molar-refractivity contribution is 7.10. The molecule has 1 amide bonds. The van der Waals surface area contributed by atoms with Crippen LogP contribution in [0.4, 0.5) is 10.1 Å². The van der Waals surface area contributed by atoms with Crippen LogP contribution in [0.1, 0.15) is 15.2 Å². The standard InChI is InChI=1S/C15H12FNO3S/c1-20-14-8-11(4-5-13(14)16)17-15(19)10-7-12(21-9-10)3-2-6-18/h4-5,7-9,18H,6H2,1H3,(H,17,19). The number of ether oxygens (including phenoxy) is 1. The molecule has 1 aromatic carbocycles. The molecule has 0 fully saturated rings. The van der Waals surface area contributed by atoms with Crippen molar-refractivity contribution >= 4 is 22.9 Å². The Balaban J connectivity index is 2.12. The third kappa shape index (κ3) is 3.81. The Kier molecular flexibility index (Phi) is 4.93. The monoisotopic (exact) mass is 305 g/mol. The van der Waals surface area contributed by atoms with Crippen LogP contribution in [0, 0.1) is 17.7 Å². The van der Waals surface area contributed by atoms with Crippen molar-refractivity contribution in [3.8, 4) is 17.6 Å². The van der Waals surface area contributed by atoms with Crippen LogP contribution in [0.2, 0.25) is 0 Å². The van der Waals surface area contributed by atoms with E-state index in [2.05, 4.69) is 17.2 Å². The van der Waals surface area contributed by atoms with E-state index in [0.29, 0.717) is 16.1 Å². The molecule has 1 aromatic heterocycles. The molecule has 4 nitrogen and oxygen atoms in total. The molecule has 1 heterocycles. The lowest BCUT2D eigenvalue weighted by Gasteiger charge is -2.06. The third-order valence-corrected chi connectivity index (χ3v) is 3.41. The molecule has 0 saturated carbocycles. The van der Waals surface area contributed by atoms with Crippen molar-refractivity contribution in [3.05, 3.63) is 45.9 Å². The van der Waals surface area contributed by atoms with Crippen LogP contribution in [0.3, 0.4) is 0 Å². The van der Waals surface area contributed by atoms with Gasteiger partial charge in [-0.1, -0.05) is 11.8 Å². The Bertz CT molecular complexity index is 715. The largest absolute Gasteiger partial charge is 0.494 e. The number of aliphatic hydroxyl groups excluding tert-OH is 1. The lowest BCUT2D eigenvalue weighted by Crippen LogP contribution is -2.11. The van der Waals surface area contributed by atoms with E-state index in [-0.39, 0.29) is 18.3 Å². The summed E-state index contributed by atoms with van der Waals surface area (Å²) in [7, 11) is 1.36. The van der Waals surface area contributed by atoms with E-state index in [4.69, 9.17) is 9.84 Å². The summed E-state index contributed by atoms with van der Waals surface area (Å²) in [6, 6.07) is 5.71. The Hall–Kier alpha value is -2.36. The number of benzene rings is 1. The number of carbonyl (C=O) groups is 1. The van der Waals surface area contributed by atoms with Crippen LogP contribution in [0.5, 0.6) is 5.75 Å². The average Bonchev–Trinajstić information content (AvgIpc) is 2.96. The van der Waals surface area contributed by atoms with Gasteiger partial charge in [0.05, 0.1) is 17.6 Å². The van der Waals surface area contributed by atoms with Crippen molar-refractivity contribution < 1.29 is 19.0 Å². The van der Waals surface area contributed by atoms with Crippen molar-refractivity contribution in [1.29, 1.82) is 0 Å². The molecular formula is C15H12FNO3S. The van der Waals surface area contributed by atoms with Gasteiger partial charge in [-0.15, -0.1) is 11.3 Å². The van der Waals surface area contributed by atoms with E-state index in [1.54, 1.807) is 11.4 Å². The number of thiophene rings is 1. The van der Waals surface area contributed by atoms with Crippen molar-refractivity contribution in [2.24, 2.45) is 0 Å². The molecular weight excluding hydrogens is 293 g/mol. The predicted molar refractivity (Wildman–Crippen MR) is 79.2 cm³/mol. The highest BCUT2D eigenvalue weighted by Gasteiger charge is 2.10. The summed E-state index contributed by atoms with van der Waals surface area (Å²) in [4.78, 5) is 12.7. The van der Waals surface area contributed by atoms with Gasteiger partial charge in [0.2, 0.25) is 0 Å². The molecule has 0 radical (unpaired) electrons. The zero-order valence-corrected chi connectivity index (χ0v) is 12.0. The van der Waals surface area contributed by atoms with Crippen LogP contribution in [0.15, 0.2) is 29.6 Å². The molecule has 108 valence electrons. The van der Waals surface area contributed by atoms with Crippen molar-refractivity contribution in [3.63, 3.8) is 0 Å². The summed E-state index contributed by atoms with van der Waals surface area (Å²) in [6.07, 6.45) is 0. The number of hydrogen-bond donors (Lipinski definition) is 2. The first-order valence-corrected chi connectivity index (χ1v) is 6.85. The van der Waals surface area contributed by atoms with Crippen LogP contribution < -0.4 is 10.1 Å². The second-order valence-electron chi connectivity index (χ2n) is 3.96. The molecule has 6 heteroatoms. The van der Waals surface area contributed by atoms with Gasteiger partial charge < -0.3 is 15.2 Å². The highest BCUT2D eigenvalue weighted by Crippen LogP contribution is 2.22. The van der Waals surface area contributed by atoms with E-state index in [1.165, 1.54) is 36.6 Å². The zero-order chi connectivity index (χ0) is 15.2. The predicted octanol–water partition coefficient (Wildman–Crippen LogP) is 2.49. The van der Waals surface area contributed by atoms with Gasteiger partial charge in [-0.05, 0) is 18.2 Å². The Morgan fingerprint density at radius 2 is 2.29 bits per heavy atom. The van der Waals surface area contributed by atoms with Gasteiger partial charge in [0.25, 0.3) is 5.91 Å². The molecule has 21 heavy (non-hydrogen) atoms. The molecule has 0 atom stereocenters. The number of rotatable bonds is 3. The van der Waals surface area contributed by atoms with E-state index >= 15 is 0 Å². The van der Waals surface area contributed by atoms with Gasteiger partial charge in [-0.3, -0.25) is 4.79 Å². The number of carbonyl (C=O) groups excluding carboxylic acids is 1. The van der Waals surface area contributed by atoms with E-state index in [9.17, 15) is 9.18 Å². The maximum absolute atomic E-state index is 13.3. The molecule has 2 N–H and O–H groups in total. The topological polar surface area (TPSA) is 58.6 Å². The Morgan fingerprint density at radius 3 is 3.00 bits per heavy atom. The van der Waals surface area contributed by atoms with E-state index in [1.807, 2.05) is 0 Å². The van der Waals surface area contributed by atoms with Crippen molar-refractivity contribution in [2.75, 3.05) is 19.0 Å². The molecule has 2 aromatic rings. The van der Waals surface area contributed by atoms with Crippen LogP contribution >= 0.6 is 11.3 Å². The number of amides is 1. The molecule has 0 saturated heterocycles. The quantitative estimate of drug-likeness (QED) is 0.857. The van der Waals surface area contributed by atoms with Gasteiger partial charge in [0, 0.05) is 17.1 Å². The van der Waals surface area contributed by atoms with Crippen LogP contribution in [-0.2, 0) is 0 Å². The van der Waals surface area contributed by atoms with Crippen LogP contribution in [0.25, 0.3) is 0 Å². The lowest BCUT2D eigenvalue weighted by molar-refractivity contribution is 0.102. The van der Waals surface area contributed by atoms with Crippen LogP contribution in [-0.4, -0.2) is 24.7 Å². The van der Waals surface area contributed by atoms with E-state index < -0.39 is 5.82 Å². The number of aliphatic hydroxyl groups is 1. The molecule has 2 rings (SSSR count). The van der Waals surface area contributed by atoms with Gasteiger partial charge in [0.15, 0.2) is 11.6 Å². The summed E-state index contributed by atoms with van der Waals surface area (Å²) in [6.45, 7) is -0.227. The summed E-state index contributed by atoms with van der Waals surface area (Å²) in [5, 5.41) is 12.9. The van der Waals surface area contributed by atoms with Crippen molar-refractivity contribution in [2.45, 2.75) is 0 Å². The van der Waals surface area contributed by atoms with Crippen molar-refractivity contribution in [1.82, 2.24) is 0 Å². The highest BCUT2D eigenvalue weighted by atomic mass is 32.1. The number of halogens is 1. The maximum atomic E-state index is 13.3. The van der Waals surface area contributed by atoms with Gasteiger partial charge in [0.1, 0.15) is 6.61 Å². The minimum atomic E-state index is -0.493. The summed E-state index contributed by atoms with van der Waals surface area (Å²) >= 11 is 1.31. The SMILES string of the molecule is COc1cc(NC(=O)c2csc(C#CCO)c2)ccc1F. The fraction of sp³-hybridized carbons (Fsp3) is 0.133. The third-order valence-electron chi connectivity index (χ3n) is 2.56. The second kappa shape index (κ2) is 6.88. The molecule has 0 unspecified atom stereocenters. The molecule has 0 aliphatic carbocycles. The van der Waals surface area contributed by atoms with Gasteiger partial charge in [-0.25, -0.2) is 4.39 Å². The molecule has 0 bridgehead atoms. The molecule has 0 aliphatic rings. The smallest absolute Gasteiger partial charge is 0.256 e. The fourth-order valence-corrected chi connectivity index (χ4v) is 2.34. The second-order valence-corrected chi connectivity index (χ2v) is 4.87. The number of anilines is 1. The minimum Gasteiger partial charge on any atom is -0.494 e. The molecule has 0 aliphatic heterocycles. The summed E-state index contributed by atoms with van der Waals surface area (Å²) in [5.41, 5.74) is 0.887. The normalized spacial score (nSPS) is 9.67. The number of hydrogen-bond acceptors (Lipinski definition) is 4. The Labute approximate surface area is 125 Å². The molecule has 0 spiro atoms. The Morgan fingerprint density at radius 1 is 1.48 bits per heavy atom.